The second-order valence-corrected chi connectivity index (χ2v) is 4.71. The summed E-state index contributed by atoms with van der Waals surface area (Å²) in [6.07, 6.45) is 2.48. The maximum atomic E-state index is 8.86. The largest absolute Gasteiger partial charge is 0.490 e. The maximum Gasteiger partial charge on any atom is 0.120 e. The molecule has 1 fully saturated rings. The molecule has 0 bridgehead atoms. The second kappa shape index (κ2) is 5.20. The Balaban J connectivity index is 2.00. The molecule has 1 aromatic rings. The van der Waals surface area contributed by atoms with Gasteiger partial charge in [0.15, 0.2) is 0 Å². The summed E-state index contributed by atoms with van der Waals surface area (Å²) in [6.45, 7) is 4.14. The third-order valence-corrected chi connectivity index (χ3v) is 3.29. The van der Waals surface area contributed by atoms with Crippen LogP contribution in [0, 0.1) is 18.3 Å². The number of hydrogen-bond acceptors (Lipinski definition) is 3. The molecular formula is C14H18N2O. The zero-order chi connectivity index (χ0) is 12.3. The molecule has 0 aliphatic carbocycles. The van der Waals surface area contributed by atoms with E-state index < -0.39 is 0 Å². The summed E-state index contributed by atoms with van der Waals surface area (Å²) in [4.78, 5) is 2.32. The van der Waals surface area contributed by atoms with Crippen LogP contribution in [0.2, 0.25) is 0 Å². The summed E-state index contributed by atoms with van der Waals surface area (Å²) >= 11 is 0. The van der Waals surface area contributed by atoms with Gasteiger partial charge in [0.05, 0.1) is 11.6 Å². The van der Waals surface area contributed by atoms with Gasteiger partial charge in [0.2, 0.25) is 0 Å². The van der Waals surface area contributed by atoms with Crippen LogP contribution >= 0.6 is 0 Å². The van der Waals surface area contributed by atoms with E-state index in [0.29, 0.717) is 6.10 Å². The van der Waals surface area contributed by atoms with Crippen molar-refractivity contribution in [2.75, 3.05) is 20.1 Å². The molecule has 0 amide bonds. The maximum absolute atomic E-state index is 8.86. The zero-order valence-electron chi connectivity index (χ0n) is 10.4. The van der Waals surface area contributed by atoms with Crippen LogP contribution in [-0.4, -0.2) is 31.1 Å². The Hall–Kier alpha value is -1.53. The van der Waals surface area contributed by atoms with Gasteiger partial charge in [-0.25, -0.2) is 0 Å². The predicted molar refractivity (Wildman–Crippen MR) is 67.0 cm³/mol. The van der Waals surface area contributed by atoms with Crippen LogP contribution in [0.15, 0.2) is 18.2 Å². The van der Waals surface area contributed by atoms with Crippen molar-refractivity contribution in [1.29, 1.82) is 5.26 Å². The van der Waals surface area contributed by atoms with E-state index >= 15 is 0 Å². The minimum atomic E-state index is 0.318. The highest BCUT2D eigenvalue weighted by atomic mass is 16.5. The number of hydrogen-bond donors (Lipinski definition) is 0. The fraction of sp³-hybridized carbons (Fsp3) is 0.500. The molecule has 1 aliphatic heterocycles. The van der Waals surface area contributed by atoms with E-state index in [1.54, 1.807) is 0 Å². The van der Waals surface area contributed by atoms with Crippen molar-refractivity contribution in [1.82, 2.24) is 4.90 Å². The lowest BCUT2D eigenvalue weighted by Gasteiger charge is -2.29. The van der Waals surface area contributed by atoms with E-state index in [2.05, 4.69) is 18.0 Å². The first kappa shape index (κ1) is 11.9. The number of ether oxygens (including phenoxy) is 1. The van der Waals surface area contributed by atoms with Crippen LogP contribution in [0.1, 0.15) is 24.0 Å². The standard InChI is InChI=1S/C14H18N2O/c1-11-9-14(4-3-12(11)10-15)17-13-5-7-16(2)8-6-13/h3-4,9,13H,5-8H2,1-2H3. The number of nitriles is 1. The average molecular weight is 230 g/mol. The van der Waals surface area contributed by atoms with E-state index in [4.69, 9.17) is 10.00 Å². The number of nitrogens with zero attached hydrogens (tertiary/aromatic N) is 2. The molecule has 0 atom stereocenters. The van der Waals surface area contributed by atoms with Crippen molar-refractivity contribution in [2.24, 2.45) is 0 Å². The van der Waals surface area contributed by atoms with Crippen LogP contribution in [0.3, 0.4) is 0 Å². The topological polar surface area (TPSA) is 36.3 Å². The van der Waals surface area contributed by atoms with E-state index in [1.165, 1.54) is 0 Å². The van der Waals surface area contributed by atoms with Crippen molar-refractivity contribution in [2.45, 2.75) is 25.9 Å². The highest BCUT2D eigenvalue weighted by Gasteiger charge is 2.18. The summed E-state index contributed by atoms with van der Waals surface area (Å²) in [5, 5.41) is 8.86. The first-order valence-corrected chi connectivity index (χ1v) is 6.05. The molecule has 0 radical (unpaired) electrons. The average Bonchev–Trinajstić information content (AvgIpc) is 2.32. The van der Waals surface area contributed by atoms with Crippen molar-refractivity contribution in [3.05, 3.63) is 29.3 Å². The van der Waals surface area contributed by atoms with Gasteiger partial charge in [0.1, 0.15) is 11.9 Å². The highest BCUT2D eigenvalue weighted by molar-refractivity contribution is 5.41. The van der Waals surface area contributed by atoms with Crippen molar-refractivity contribution in [3.8, 4) is 11.8 Å². The Morgan fingerprint density at radius 3 is 2.65 bits per heavy atom. The third kappa shape index (κ3) is 2.98. The second-order valence-electron chi connectivity index (χ2n) is 4.71. The molecule has 17 heavy (non-hydrogen) atoms. The fourth-order valence-electron chi connectivity index (χ4n) is 2.13. The summed E-state index contributed by atoms with van der Waals surface area (Å²) < 4.78 is 5.95. The van der Waals surface area contributed by atoms with Gasteiger partial charge in [-0.3, -0.25) is 0 Å². The van der Waals surface area contributed by atoms with Crippen molar-refractivity contribution < 1.29 is 4.74 Å². The van der Waals surface area contributed by atoms with E-state index in [0.717, 1.165) is 42.8 Å². The summed E-state index contributed by atoms with van der Waals surface area (Å²) in [7, 11) is 2.14. The summed E-state index contributed by atoms with van der Waals surface area (Å²) in [6, 6.07) is 7.85. The number of aryl methyl sites for hydroxylation is 1. The van der Waals surface area contributed by atoms with Gasteiger partial charge < -0.3 is 9.64 Å². The Morgan fingerprint density at radius 2 is 2.06 bits per heavy atom. The Morgan fingerprint density at radius 1 is 1.35 bits per heavy atom. The van der Waals surface area contributed by atoms with Crippen molar-refractivity contribution >= 4 is 0 Å². The minimum Gasteiger partial charge on any atom is -0.490 e. The van der Waals surface area contributed by atoms with Gasteiger partial charge >= 0.3 is 0 Å². The molecule has 0 N–H and O–H groups in total. The quantitative estimate of drug-likeness (QED) is 0.782. The van der Waals surface area contributed by atoms with Gasteiger partial charge in [0, 0.05) is 13.1 Å². The Labute approximate surface area is 103 Å². The SMILES string of the molecule is Cc1cc(OC2CCN(C)CC2)ccc1C#N. The molecule has 0 spiro atoms. The molecular weight excluding hydrogens is 212 g/mol. The molecule has 1 aromatic carbocycles. The lowest BCUT2D eigenvalue weighted by atomic mass is 10.1. The molecule has 3 nitrogen and oxygen atoms in total. The monoisotopic (exact) mass is 230 g/mol. The van der Waals surface area contributed by atoms with Gasteiger partial charge in [-0.05, 0) is 50.6 Å². The third-order valence-electron chi connectivity index (χ3n) is 3.29. The first-order valence-electron chi connectivity index (χ1n) is 6.05. The highest BCUT2D eigenvalue weighted by Crippen LogP contribution is 2.21. The number of piperidine rings is 1. The van der Waals surface area contributed by atoms with Gasteiger partial charge in [-0.2, -0.15) is 5.26 Å². The van der Waals surface area contributed by atoms with Gasteiger partial charge in [-0.15, -0.1) is 0 Å². The number of benzene rings is 1. The normalized spacial score (nSPS) is 17.7. The fourth-order valence-corrected chi connectivity index (χ4v) is 2.13. The minimum absolute atomic E-state index is 0.318. The number of rotatable bonds is 2. The van der Waals surface area contributed by atoms with Crippen LogP contribution in [0.5, 0.6) is 5.75 Å². The van der Waals surface area contributed by atoms with Crippen LogP contribution in [0.4, 0.5) is 0 Å². The molecule has 1 heterocycles. The molecule has 0 aromatic heterocycles. The first-order chi connectivity index (χ1) is 8.19. The molecule has 0 unspecified atom stereocenters. The number of likely N-dealkylation sites (tertiary alicyclic amines) is 1. The molecule has 90 valence electrons. The van der Waals surface area contributed by atoms with Crippen LogP contribution in [0.25, 0.3) is 0 Å². The molecule has 1 saturated heterocycles. The van der Waals surface area contributed by atoms with E-state index in [1.807, 2.05) is 25.1 Å². The lowest BCUT2D eigenvalue weighted by Crippen LogP contribution is -2.35. The molecule has 1 aliphatic rings. The Bertz CT molecular complexity index is 428. The van der Waals surface area contributed by atoms with Gasteiger partial charge in [-0.1, -0.05) is 0 Å². The smallest absolute Gasteiger partial charge is 0.120 e. The molecule has 2 rings (SSSR count). The van der Waals surface area contributed by atoms with E-state index in [9.17, 15) is 0 Å². The summed E-state index contributed by atoms with van der Waals surface area (Å²) in [5.74, 6) is 0.885. The zero-order valence-corrected chi connectivity index (χ0v) is 10.4. The summed E-state index contributed by atoms with van der Waals surface area (Å²) in [5.41, 5.74) is 1.71. The van der Waals surface area contributed by atoms with Crippen molar-refractivity contribution in [3.63, 3.8) is 0 Å². The predicted octanol–water partition coefficient (Wildman–Crippen LogP) is 2.34. The lowest BCUT2D eigenvalue weighted by molar-refractivity contribution is 0.114. The van der Waals surface area contributed by atoms with Crippen LogP contribution < -0.4 is 4.74 Å². The molecule has 0 saturated carbocycles. The Kier molecular flexibility index (Phi) is 3.65. The van der Waals surface area contributed by atoms with E-state index in [-0.39, 0.29) is 0 Å². The molecule has 3 heteroatoms. The van der Waals surface area contributed by atoms with Crippen LogP contribution in [-0.2, 0) is 0 Å². The van der Waals surface area contributed by atoms with Gasteiger partial charge in [0.25, 0.3) is 0 Å².